The van der Waals surface area contributed by atoms with Crippen LogP contribution >= 0.6 is 0 Å². The Bertz CT molecular complexity index is 2670. The van der Waals surface area contributed by atoms with Crippen molar-refractivity contribution < 1.29 is 42.2 Å². The lowest BCUT2D eigenvalue weighted by Crippen LogP contribution is -2.54. The Hall–Kier alpha value is -7.10. The van der Waals surface area contributed by atoms with Crippen molar-refractivity contribution in [3.63, 3.8) is 0 Å². The number of hydrogen-bond donors (Lipinski definition) is 4. The van der Waals surface area contributed by atoms with E-state index >= 15 is 8.78 Å². The molecule has 4 atom stereocenters. The number of alkyl carbamates (subject to hydrolysis) is 2. The van der Waals surface area contributed by atoms with Crippen molar-refractivity contribution in [3.8, 4) is 33.5 Å². The average Bonchev–Trinajstić information content (AvgIpc) is 4.16. The molecular formula is C51H55F2N7O7. The molecule has 1 aliphatic carbocycles. The number of fused-ring (bicyclic) bond motifs is 3. The quantitative estimate of drug-likeness (QED) is 0.0907. The van der Waals surface area contributed by atoms with E-state index in [1.165, 1.54) is 24.1 Å². The fourth-order valence-corrected chi connectivity index (χ4v) is 9.30. The summed E-state index contributed by atoms with van der Waals surface area (Å²) in [6.07, 6.45) is 2.57. The molecule has 67 heavy (non-hydrogen) atoms. The van der Waals surface area contributed by atoms with Gasteiger partial charge in [0.15, 0.2) is 0 Å². The third-order valence-corrected chi connectivity index (χ3v) is 12.9. The summed E-state index contributed by atoms with van der Waals surface area (Å²) in [6, 6.07) is 23.1. The van der Waals surface area contributed by atoms with E-state index in [2.05, 4.69) is 25.9 Å². The molecule has 2 aliphatic heterocycles. The van der Waals surface area contributed by atoms with E-state index in [-0.39, 0.29) is 47.4 Å². The summed E-state index contributed by atoms with van der Waals surface area (Å²) in [5, 5.41) is 8.28. The molecule has 4 aromatic carbocycles. The maximum Gasteiger partial charge on any atom is 0.408 e. The van der Waals surface area contributed by atoms with E-state index in [4.69, 9.17) is 9.47 Å². The molecule has 1 unspecified atom stereocenters. The number of alkyl halides is 2. The number of ether oxygens (including phenoxy) is 2. The number of rotatable bonds is 13. The summed E-state index contributed by atoms with van der Waals surface area (Å²) in [4.78, 5) is 77.1. The van der Waals surface area contributed by atoms with E-state index in [9.17, 15) is 24.0 Å². The molecule has 8 rings (SSSR count). The lowest BCUT2D eigenvalue weighted by molar-refractivity contribution is -0.139. The van der Waals surface area contributed by atoms with Crippen molar-refractivity contribution in [2.45, 2.75) is 90.1 Å². The maximum absolute atomic E-state index is 16.6. The van der Waals surface area contributed by atoms with Gasteiger partial charge in [-0.25, -0.2) is 14.6 Å². The van der Waals surface area contributed by atoms with Crippen molar-refractivity contribution >= 4 is 35.6 Å². The van der Waals surface area contributed by atoms with Crippen molar-refractivity contribution in [2.75, 3.05) is 25.5 Å². The Balaban J connectivity index is 0.941. The SMILES string of the molecule is COC(=O)NC(C(=O)N1CCC[C@H]1c1ncc(-c2ccc3c(c2)C(F)(F)c2cc(-c4cccc(NC(=O)[C@@H]5CCCN5C(=O)[C@@H](NC(=O)OCc5ccccc5)C(C)C)c4)ccc2-3)[nH]1)C(C)C. The Morgan fingerprint density at radius 2 is 1.36 bits per heavy atom. The fourth-order valence-electron chi connectivity index (χ4n) is 9.30. The van der Waals surface area contributed by atoms with E-state index in [0.29, 0.717) is 77.4 Å². The van der Waals surface area contributed by atoms with Gasteiger partial charge in [-0.05, 0) is 89.6 Å². The van der Waals surface area contributed by atoms with E-state index < -0.39 is 42.1 Å². The maximum atomic E-state index is 16.6. The molecule has 4 N–H and O–H groups in total. The summed E-state index contributed by atoms with van der Waals surface area (Å²) in [5.74, 6) is -4.31. The van der Waals surface area contributed by atoms with E-state index in [1.807, 2.05) is 58.0 Å². The van der Waals surface area contributed by atoms with Crippen LogP contribution in [0.25, 0.3) is 33.5 Å². The normalized spacial score (nSPS) is 18.0. The monoisotopic (exact) mass is 915 g/mol. The van der Waals surface area contributed by atoms with Gasteiger partial charge in [-0.3, -0.25) is 14.4 Å². The van der Waals surface area contributed by atoms with E-state index in [0.717, 1.165) is 12.0 Å². The summed E-state index contributed by atoms with van der Waals surface area (Å²) >= 11 is 0. The highest BCUT2D eigenvalue weighted by atomic mass is 19.3. The van der Waals surface area contributed by atoms with Gasteiger partial charge in [-0.2, -0.15) is 8.78 Å². The Kier molecular flexibility index (Phi) is 13.4. The lowest BCUT2D eigenvalue weighted by atomic mass is 9.98. The highest BCUT2D eigenvalue weighted by Crippen LogP contribution is 2.53. The number of nitrogens with zero attached hydrogens (tertiary/aromatic N) is 3. The van der Waals surface area contributed by atoms with Crippen molar-refractivity contribution in [3.05, 3.63) is 120 Å². The Morgan fingerprint density at radius 3 is 2.04 bits per heavy atom. The van der Waals surface area contributed by atoms with Gasteiger partial charge >= 0.3 is 12.2 Å². The molecule has 3 aliphatic rings. The first-order valence-corrected chi connectivity index (χ1v) is 22.7. The van der Waals surface area contributed by atoms with Crippen LogP contribution in [0.3, 0.4) is 0 Å². The molecule has 5 amide bonds. The first kappa shape index (κ1) is 46.4. The lowest BCUT2D eigenvalue weighted by Gasteiger charge is -2.30. The Morgan fingerprint density at radius 1 is 0.746 bits per heavy atom. The van der Waals surface area contributed by atoms with Gasteiger partial charge in [0.25, 0.3) is 5.92 Å². The molecule has 2 saturated heterocycles. The molecular weight excluding hydrogens is 861 g/mol. The number of H-pyrrole nitrogens is 1. The number of halogens is 2. The van der Waals surface area contributed by atoms with Gasteiger partial charge in [0.05, 0.1) is 25.0 Å². The number of imidazole rings is 1. The van der Waals surface area contributed by atoms with Crippen LogP contribution < -0.4 is 16.0 Å². The van der Waals surface area contributed by atoms with Crippen LogP contribution in [0, 0.1) is 11.8 Å². The number of aromatic amines is 1. The van der Waals surface area contributed by atoms with Crippen LogP contribution in [0.1, 0.15) is 81.9 Å². The topological polar surface area (TPSA) is 175 Å². The fraction of sp³-hybridized carbons (Fsp3) is 0.373. The smallest absolute Gasteiger partial charge is 0.408 e. The van der Waals surface area contributed by atoms with Gasteiger partial charge in [-0.1, -0.05) is 94.4 Å². The molecule has 3 heterocycles. The largest absolute Gasteiger partial charge is 0.453 e. The second-order valence-electron chi connectivity index (χ2n) is 18.0. The van der Waals surface area contributed by atoms with Crippen molar-refractivity contribution in [1.82, 2.24) is 30.4 Å². The number of hydrogen-bond acceptors (Lipinski definition) is 8. The molecule has 2 fully saturated rings. The van der Waals surface area contributed by atoms with Crippen LogP contribution in [0.5, 0.6) is 0 Å². The first-order valence-electron chi connectivity index (χ1n) is 22.7. The molecule has 0 radical (unpaired) electrons. The first-order chi connectivity index (χ1) is 32.1. The van der Waals surface area contributed by atoms with Crippen LogP contribution in [0.2, 0.25) is 0 Å². The molecule has 16 heteroatoms. The highest BCUT2D eigenvalue weighted by Gasteiger charge is 2.45. The predicted octanol–water partition coefficient (Wildman–Crippen LogP) is 8.79. The zero-order chi connectivity index (χ0) is 47.6. The minimum absolute atomic E-state index is 0.0453. The number of nitrogens with one attached hydrogen (secondary N) is 4. The molecule has 0 bridgehead atoms. The van der Waals surface area contributed by atoms with Gasteiger partial charge in [0, 0.05) is 35.5 Å². The number of amides is 5. The second-order valence-corrected chi connectivity index (χ2v) is 18.0. The predicted molar refractivity (Wildman–Crippen MR) is 247 cm³/mol. The zero-order valence-electron chi connectivity index (χ0n) is 38.1. The van der Waals surface area contributed by atoms with Crippen molar-refractivity contribution in [2.24, 2.45) is 11.8 Å². The molecule has 14 nitrogen and oxygen atoms in total. The van der Waals surface area contributed by atoms with Gasteiger partial charge in [0.2, 0.25) is 17.7 Å². The third-order valence-electron chi connectivity index (χ3n) is 12.9. The van der Waals surface area contributed by atoms with Crippen LogP contribution in [-0.4, -0.2) is 88.0 Å². The molecule has 5 aromatic rings. The summed E-state index contributed by atoms with van der Waals surface area (Å²) < 4.78 is 43.2. The number of benzene rings is 4. The number of aromatic nitrogens is 2. The van der Waals surface area contributed by atoms with Crippen LogP contribution in [0.4, 0.5) is 24.1 Å². The summed E-state index contributed by atoms with van der Waals surface area (Å²) in [5.41, 5.74) is 3.95. The zero-order valence-corrected chi connectivity index (χ0v) is 38.1. The minimum Gasteiger partial charge on any atom is -0.453 e. The average molecular weight is 916 g/mol. The summed E-state index contributed by atoms with van der Waals surface area (Å²) in [6.45, 7) is 8.18. The molecule has 0 saturated carbocycles. The number of methoxy groups -OCH3 is 1. The number of anilines is 1. The standard InChI is InChI=1S/C51H55F2N7O7/c1-29(2)43(57-49(64)66-5)47(62)59-22-10-16-41(59)45-54-27-40(56-45)34-19-21-37-36-20-18-33(25-38(36)51(52,53)39(37)26-34)32-14-9-15-35(24-32)55-46(61)42-17-11-23-60(42)48(63)44(30(3)4)58-50(65)67-28-31-12-7-6-8-13-31/h6-9,12-15,18-21,24-27,29-30,41-44H,10-11,16-17,22-23,28H2,1-5H3,(H,54,56)(H,55,61)(H,57,64)(H,58,65)/t41-,42-,43?,44-/m0/s1. The molecule has 1 aromatic heterocycles. The summed E-state index contributed by atoms with van der Waals surface area (Å²) in [7, 11) is 1.24. The van der Waals surface area contributed by atoms with Crippen molar-refractivity contribution in [1.29, 1.82) is 0 Å². The highest BCUT2D eigenvalue weighted by molar-refractivity contribution is 5.99. The second kappa shape index (κ2) is 19.4. The van der Waals surface area contributed by atoms with Gasteiger partial charge in [0.1, 0.15) is 30.6 Å². The number of likely N-dealkylation sites (tertiary alicyclic amines) is 2. The number of carbonyl (C=O) groups excluding carboxylic acids is 5. The van der Waals surface area contributed by atoms with Gasteiger partial charge in [-0.15, -0.1) is 0 Å². The Labute approximate surface area is 387 Å². The van der Waals surface area contributed by atoms with Crippen LogP contribution in [0.15, 0.2) is 97.2 Å². The third kappa shape index (κ3) is 9.61. The minimum atomic E-state index is -3.33. The van der Waals surface area contributed by atoms with Gasteiger partial charge < -0.3 is 40.2 Å². The van der Waals surface area contributed by atoms with E-state index in [1.54, 1.807) is 59.6 Å². The molecule has 350 valence electrons. The number of carbonyl (C=O) groups is 5. The van der Waals surface area contributed by atoms with Crippen LogP contribution in [-0.2, 0) is 36.4 Å². The molecule has 0 spiro atoms.